The second kappa shape index (κ2) is 7.70. The summed E-state index contributed by atoms with van der Waals surface area (Å²) in [4.78, 5) is 4.49. The maximum atomic E-state index is 5.42. The Bertz CT molecular complexity index is 913. The molecule has 0 saturated heterocycles. The third-order valence-corrected chi connectivity index (χ3v) is 4.28. The molecule has 0 atom stereocenters. The van der Waals surface area contributed by atoms with Crippen molar-refractivity contribution in [3.05, 3.63) is 53.9 Å². The molecule has 0 aliphatic rings. The van der Waals surface area contributed by atoms with Crippen molar-refractivity contribution in [3.8, 4) is 22.9 Å². The van der Waals surface area contributed by atoms with Gasteiger partial charge in [-0.15, -0.1) is 0 Å². The Hall–Kier alpha value is -3.02. The average Bonchev–Trinajstić information content (AvgIpc) is 3.14. The minimum Gasteiger partial charge on any atom is -0.497 e. The molecule has 1 N–H and O–H groups in total. The van der Waals surface area contributed by atoms with Crippen LogP contribution in [0.1, 0.15) is 32.2 Å². The first kappa shape index (κ1) is 18.8. The van der Waals surface area contributed by atoms with E-state index in [1.165, 1.54) is 5.56 Å². The van der Waals surface area contributed by atoms with Gasteiger partial charge in [-0.25, -0.2) is 0 Å². The predicted octanol–water partition coefficient (Wildman–Crippen LogP) is 4.66. The highest BCUT2D eigenvalue weighted by atomic mass is 16.5. The fraction of sp³-hybridized carbons (Fsp3) is 0.333. The molecule has 0 saturated carbocycles. The first-order valence-corrected chi connectivity index (χ1v) is 8.80. The van der Waals surface area contributed by atoms with Crippen LogP contribution in [-0.2, 0) is 12.0 Å². The minimum absolute atomic E-state index is 0.0417. The quantitative estimate of drug-likeness (QED) is 0.683. The van der Waals surface area contributed by atoms with Gasteiger partial charge in [0.05, 0.1) is 26.3 Å². The van der Waals surface area contributed by atoms with E-state index in [0.717, 1.165) is 11.3 Å². The molecule has 0 spiro atoms. The van der Waals surface area contributed by atoms with Gasteiger partial charge in [0.2, 0.25) is 11.7 Å². The van der Waals surface area contributed by atoms with Crippen molar-refractivity contribution in [2.75, 3.05) is 19.5 Å². The van der Waals surface area contributed by atoms with Crippen molar-refractivity contribution < 1.29 is 14.0 Å². The van der Waals surface area contributed by atoms with Gasteiger partial charge in [0.25, 0.3) is 0 Å². The van der Waals surface area contributed by atoms with Gasteiger partial charge in [-0.2, -0.15) is 4.98 Å². The van der Waals surface area contributed by atoms with E-state index in [2.05, 4.69) is 48.4 Å². The largest absolute Gasteiger partial charge is 0.497 e. The summed E-state index contributed by atoms with van der Waals surface area (Å²) >= 11 is 0. The number of hydrogen-bond acceptors (Lipinski definition) is 6. The Morgan fingerprint density at radius 2 is 1.81 bits per heavy atom. The number of aromatic nitrogens is 2. The highest BCUT2D eigenvalue weighted by Gasteiger charge is 2.18. The van der Waals surface area contributed by atoms with Gasteiger partial charge in [-0.05, 0) is 29.2 Å². The summed E-state index contributed by atoms with van der Waals surface area (Å²) in [6.45, 7) is 7.01. The van der Waals surface area contributed by atoms with E-state index in [-0.39, 0.29) is 5.41 Å². The maximum absolute atomic E-state index is 5.42. The fourth-order valence-electron chi connectivity index (χ4n) is 2.88. The average molecular weight is 367 g/mol. The number of para-hydroxylation sites is 1. The van der Waals surface area contributed by atoms with Crippen LogP contribution in [0.25, 0.3) is 11.4 Å². The third-order valence-electron chi connectivity index (χ3n) is 4.28. The van der Waals surface area contributed by atoms with Crippen LogP contribution >= 0.6 is 0 Å². The first-order valence-electron chi connectivity index (χ1n) is 8.80. The number of anilines is 1. The molecule has 2 aromatic carbocycles. The standard InChI is InChI=1S/C21H25N3O3/c1-21(2,3)16-8-6-7-9-17(16)22-13-19-23-20(24-27-19)15-11-10-14(25-4)12-18(15)26-5/h6-12,22H,13H2,1-5H3. The SMILES string of the molecule is COc1ccc(-c2noc(CNc3ccccc3C(C)(C)C)n2)c(OC)c1. The van der Waals surface area contributed by atoms with E-state index < -0.39 is 0 Å². The Morgan fingerprint density at radius 1 is 1.04 bits per heavy atom. The number of nitrogens with one attached hydrogen (secondary N) is 1. The molecule has 1 aromatic heterocycles. The summed E-state index contributed by atoms with van der Waals surface area (Å²) in [5.41, 5.74) is 3.09. The summed E-state index contributed by atoms with van der Waals surface area (Å²) in [6, 6.07) is 13.7. The van der Waals surface area contributed by atoms with Gasteiger partial charge >= 0.3 is 0 Å². The van der Waals surface area contributed by atoms with E-state index >= 15 is 0 Å². The lowest BCUT2D eigenvalue weighted by atomic mass is 9.86. The Morgan fingerprint density at radius 3 is 2.52 bits per heavy atom. The molecule has 6 nitrogen and oxygen atoms in total. The number of rotatable bonds is 6. The molecule has 0 fully saturated rings. The van der Waals surface area contributed by atoms with Crippen LogP contribution in [0.15, 0.2) is 47.0 Å². The monoisotopic (exact) mass is 367 g/mol. The Labute approximate surface area is 159 Å². The molecular weight excluding hydrogens is 342 g/mol. The van der Waals surface area contributed by atoms with Crippen LogP contribution in [0.4, 0.5) is 5.69 Å². The Kier molecular flexibility index (Phi) is 5.35. The highest BCUT2D eigenvalue weighted by molar-refractivity contribution is 5.65. The lowest BCUT2D eigenvalue weighted by Gasteiger charge is -2.23. The van der Waals surface area contributed by atoms with Crippen LogP contribution in [0.3, 0.4) is 0 Å². The van der Waals surface area contributed by atoms with E-state index in [1.54, 1.807) is 20.3 Å². The number of hydrogen-bond donors (Lipinski definition) is 1. The van der Waals surface area contributed by atoms with E-state index in [1.807, 2.05) is 24.3 Å². The van der Waals surface area contributed by atoms with Crippen LogP contribution in [0, 0.1) is 0 Å². The van der Waals surface area contributed by atoms with Gasteiger partial charge in [0.1, 0.15) is 11.5 Å². The molecule has 6 heteroatoms. The topological polar surface area (TPSA) is 69.4 Å². The molecule has 142 valence electrons. The second-order valence-electron chi connectivity index (χ2n) is 7.23. The lowest BCUT2D eigenvalue weighted by molar-refractivity contribution is 0.382. The van der Waals surface area contributed by atoms with Gasteiger partial charge in [-0.1, -0.05) is 44.1 Å². The van der Waals surface area contributed by atoms with Gasteiger partial charge < -0.3 is 19.3 Å². The predicted molar refractivity (Wildman–Crippen MR) is 105 cm³/mol. The normalized spacial score (nSPS) is 11.3. The van der Waals surface area contributed by atoms with E-state index in [4.69, 9.17) is 14.0 Å². The van der Waals surface area contributed by atoms with E-state index in [0.29, 0.717) is 29.8 Å². The molecule has 0 bridgehead atoms. The third kappa shape index (κ3) is 4.22. The summed E-state index contributed by atoms with van der Waals surface area (Å²) < 4.78 is 16.1. The molecule has 3 aromatic rings. The molecule has 0 amide bonds. The molecule has 0 radical (unpaired) electrons. The highest BCUT2D eigenvalue weighted by Crippen LogP contribution is 2.32. The van der Waals surface area contributed by atoms with Crippen LogP contribution < -0.4 is 14.8 Å². The van der Waals surface area contributed by atoms with Crippen LogP contribution in [0.5, 0.6) is 11.5 Å². The zero-order chi connectivity index (χ0) is 19.4. The molecule has 27 heavy (non-hydrogen) atoms. The van der Waals surface area contributed by atoms with Crippen molar-refractivity contribution in [2.24, 2.45) is 0 Å². The smallest absolute Gasteiger partial charge is 0.246 e. The fourth-order valence-corrected chi connectivity index (χ4v) is 2.88. The first-order chi connectivity index (χ1) is 12.9. The van der Waals surface area contributed by atoms with Gasteiger partial charge in [0.15, 0.2) is 0 Å². The molecule has 1 heterocycles. The van der Waals surface area contributed by atoms with Crippen molar-refractivity contribution in [1.82, 2.24) is 10.1 Å². The van der Waals surface area contributed by atoms with Crippen LogP contribution in [-0.4, -0.2) is 24.4 Å². The zero-order valence-electron chi connectivity index (χ0n) is 16.4. The number of ether oxygens (including phenoxy) is 2. The maximum Gasteiger partial charge on any atom is 0.246 e. The number of benzene rings is 2. The van der Waals surface area contributed by atoms with Crippen LogP contribution in [0.2, 0.25) is 0 Å². The Balaban J connectivity index is 1.78. The lowest BCUT2D eigenvalue weighted by Crippen LogP contribution is -2.14. The molecular formula is C21H25N3O3. The molecule has 0 aliphatic carbocycles. The number of nitrogens with zero attached hydrogens (tertiary/aromatic N) is 2. The number of methoxy groups -OCH3 is 2. The van der Waals surface area contributed by atoms with Crippen molar-refractivity contribution in [3.63, 3.8) is 0 Å². The zero-order valence-corrected chi connectivity index (χ0v) is 16.4. The van der Waals surface area contributed by atoms with Crippen molar-refractivity contribution >= 4 is 5.69 Å². The second-order valence-corrected chi connectivity index (χ2v) is 7.23. The van der Waals surface area contributed by atoms with Gasteiger partial charge in [-0.3, -0.25) is 0 Å². The molecule has 3 rings (SSSR count). The molecule has 0 unspecified atom stereocenters. The van der Waals surface area contributed by atoms with E-state index in [9.17, 15) is 0 Å². The summed E-state index contributed by atoms with van der Waals surface area (Å²) in [5.74, 6) is 2.33. The minimum atomic E-state index is 0.0417. The summed E-state index contributed by atoms with van der Waals surface area (Å²) in [7, 11) is 3.21. The molecule has 0 aliphatic heterocycles. The van der Waals surface area contributed by atoms with Crippen molar-refractivity contribution in [2.45, 2.75) is 32.7 Å². The van der Waals surface area contributed by atoms with Crippen molar-refractivity contribution in [1.29, 1.82) is 0 Å². The summed E-state index contributed by atoms with van der Waals surface area (Å²) in [6.07, 6.45) is 0. The van der Waals surface area contributed by atoms with Gasteiger partial charge in [0, 0.05) is 11.8 Å². The summed E-state index contributed by atoms with van der Waals surface area (Å²) in [5, 5.41) is 7.49.